The largest absolute Gasteiger partial charge is 0.350 e. The molecule has 0 bridgehead atoms. The van der Waals surface area contributed by atoms with Crippen LogP contribution in [-0.2, 0) is 7.05 Å². The molecule has 0 aliphatic carbocycles. The van der Waals surface area contributed by atoms with Crippen LogP contribution in [0.15, 0.2) is 53.1 Å². The Hall–Kier alpha value is -1.94. The molecule has 0 atom stereocenters. The van der Waals surface area contributed by atoms with E-state index >= 15 is 0 Å². The highest BCUT2D eigenvalue weighted by atomic mass is 79.9. The third-order valence-corrected chi connectivity index (χ3v) is 3.95. The molecule has 0 fully saturated rings. The molecule has 0 N–H and O–H groups in total. The van der Waals surface area contributed by atoms with Crippen molar-refractivity contribution in [3.63, 3.8) is 0 Å². The molecule has 0 amide bonds. The summed E-state index contributed by atoms with van der Waals surface area (Å²) in [5.74, 6) is -0.828. The quantitative estimate of drug-likeness (QED) is 0.641. The van der Waals surface area contributed by atoms with Crippen molar-refractivity contribution >= 4 is 32.6 Å². The molecule has 100 valence electrons. The Kier molecular flexibility index (Phi) is 3.18. The fraction of sp³-hybridized carbons (Fsp3) is 0.0625. The maximum atomic E-state index is 14.1. The first-order chi connectivity index (χ1) is 9.59. The van der Waals surface area contributed by atoms with Crippen molar-refractivity contribution in [1.29, 1.82) is 0 Å². The fourth-order valence-electron chi connectivity index (χ4n) is 2.35. The van der Waals surface area contributed by atoms with Gasteiger partial charge in [-0.25, -0.2) is 4.39 Å². The molecule has 20 heavy (non-hydrogen) atoms. The molecule has 3 rings (SSSR count). The Morgan fingerprint density at radius 3 is 2.65 bits per heavy atom. The topological polar surface area (TPSA) is 22.0 Å². The summed E-state index contributed by atoms with van der Waals surface area (Å²) >= 11 is 3.11. The SMILES string of the molecule is Cn1cc(C(=O)c2cccc(Br)c2F)c2ccccc21. The van der Waals surface area contributed by atoms with Gasteiger partial charge in [-0.15, -0.1) is 0 Å². The molecule has 0 unspecified atom stereocenters. The second-order valence-electron chi connectivity index (χ2n) is 4.60. The number of rotatable bonds is 2. The van der Waals surface area contributed by atoms with E-state index in [4.69, 9.17) is 0 Å². The van der Waals surface area contributed by atoms with E-state index in [1.54, 1.807) is 18.3 Å². The van der Waals surface area contributed by atoms with Crippen molar-refractivity contribution in [2.45, 2.75) is 0 Å². The van der Waals surface area contributed by atoms with Gasteiger partial charge in [0.15, 0.2) is 5.78 Å². The molecule has 0 aliphatic heterocycles. The fourth-order valence-corrected chi connectivity index (χ4v) is 2.71. The predicted molar refractivity (Wildman–Crippen MR) is 80.5 cm³/mol. The molecule has 0 saturated carbocycles. The third-order valence-electron chi connectivity index (χ3n) is 3.34. The van der Waals surface area contributed by atoms with Crippen LogP contribution in [0, 0.1) is 5.82 Å². The molecule has 1 aromatic heterocycles. The van der Waals surface area contributed by atoms with Gasteiger partial charge in [-0.2, -0.15) is 0 Å². The van der Waals surface area contributed by atoms with E-state index in [0.29, 0.717) is 10.0 Å². The lowest BCUT2D eigenvalue weighted by atomic mass is 10.0. The monoisotopic (exact) mass is 331 g/mol. The first-order valence-corrected chi connectivity index (χ1v) is 6.91. The highest BCUT2D eigenvalue weighted by Crippen LogP contribution is 2.26. The van der Waals surface area contributed by atoms with Crippen molar-refractivity contribution in [1.82, 2.24) is 4.57 Å². The molecule has 1 heterocycles. The second kappa shape index (κ2) is 4.87. The highest BCUT2D eigenvalue weighted by Gasteiger charge is 2.19. The lowest BCUT2D eigenvalue weighted by Gasteiger charge is -2.03. The molecule has 3 aromatic rings. The summed E-state index contributed by atoms with van der Waals surface area (Å²) in [5, 5.41) is 0.833. The van der Waals surface area contributed by atoms with Crippen LogP contribution in [0.4, 0.5) is 4.39 Å². The average Bonchev–Trinajstić information content (AvgIpc) is 2.79. The van der Waals surface area contributed by atoms with Gasteiger partial charge in [0.25, 0.3) is 0 Å². The summed E-state index contributed by atoms with van der Waals surface area (Å²) in [6, 6.07) is 12.3. The van der Waals surface area contributed by atoms with Crippen LogP contribution in [0.5, 0.6) is 0 Å². The van der Waals surface area contributed by atoms with Gasteiger partial charge >= 0.3 is 0 Å². The van der Waals surface area contributed by atoms with Crippen molar-refractivity contribution in [3.8, 4) is 0 Å². The normalized spacial score (nSPS) is 10.9. The summed E-state index contributed by atoms with van der Waals surface area (Å²) in [7, 11) is 1.87. The number of hydrogen-bond acceptors (Lipinski definition) is 1. The Labute approximate surface area is 124 Å². The number of aryl methyl sites for hydroxylation is 1. The van der Waals surface area contributed by atoms with E-state index in [2.05, 4.69) is 15.9 Å². The Morgan fingerprint density at radius 1 is 1.10 bits per heavy atom. The third kappa shape index (κ3) is 1.96. The van der Waals surface area contributed by atoms with Crippen LogP contribution in [0.1, 0.15) is 15.9 Å². The number of carbonyl (C=O) groups excluding carboxylic acids is 1. The van der Waals surface area contributed by atoms with Crippen molar-refractivity contribution in [2.24, 2.45) is 7.05 Å². The summed E-state index contributed by atoms with van der Waals surface area (Å²) in [5.41, 5.74) is 1.54. The minimum Gasteiger partial charge on any atom is -0.350 e. The number of halogens is 2. The van der Waals surface area contributed by atoms with E-state index in [-0.39, 0.29) is 11.3 Å². The van der Waals surface area contributed by atoms with Crippen LogP contribution in [0.2, 0.25) is 0 Å². The minimum absolute atomic E-state index is 0.0794. The van der Waals surface area contributed by atoms with E-state index in [1.165, 1.54) is 6.07 Å². The van der Waals surface area contributed by atoms with E-state index in [0.717, 1.165) is 10.9 Å². The van der Waals surface area contributed by atoms with Crippen LogP contribution >= 0.6 is 15.9 Å². The van der Waals surface area contributed by atoms with Crippen molar-refractivity contribution < 1.29 is 9.18 Å². The number of para-hydroxylation sites is 1. The molecular weight excluding hydrogens is 321 g/mol. The van der Waals surface area contributed by atoms with E-state index < -0.39 is 5.82 Å². The summed E-state index contributed by atoms with van der Waals surface area (Å²) in [6.07, 6.45) is 1.74. The van der Waals surface area contributed by atoms with Gasteiger partial charge in [0.05, 0.1) is 10.0 Å². The van der Waals surface area contributed by atoms with Crippen LogP contribution in [0.3, 0.4) is 0 Å². The number of fused-ring (bicyclic) bond motifs is 1. The summed E-state index contributed by atoms with van der Waals surface area (Å²) in [6.45, 7) is 0. The van der Waals surface area contributed by atoms with Gasteiger partial charge in [0.2, 0.25) is 0 Å². The smallest absolute Gasteiger partial charge is 0.198 e. The van der Waals surface area contributed by atoms with Gasteiger partial charge in [-0.1, -0.05) is 24.3 Å². The van der Waals surface area contributed by atoms with E-state index in [9.17, 15) is 9.18 Å². The molecule has 2 nitrogen and oxygen atoms in total. The lowest BCUT2D eigenvalue weighted by molar-refractivity contribution is 0.103. The number of nitrogens with zero attached hydrogens (tertiary/aromatic N) is 1. The molecule has 2 aromatic carbocycles. The maximum Gasteiger partial charge on any atom is 0.198 e. The Morgan fingerprint density at radius 2 is 1.85 bits per heavy atom. The number of carbonyl (C=O) groups is 1. The van der Waals surface area contributed by atoms with Crippen LogP contribution in [0.25, 0.3) is 10.9 Å². The molecule has 0 aliphatic rings. The first-order valence-electron chi connectivity index (χ1n) is 6.12. The van der Waals surface area contributed by atoms with E-state index in [1.807, 2.05) is 35.9 Å². The van der Waals surface area contributed by atoms with Crippen molar-refractivity contribution in [3.05, 3.63) is 70.1 Å². The van der Waals surface area contributed by atoms with Crippen molar-refractivity contribution in [2.75, 3.05) is 0 Å². The van der Waals surface area contributed by atoms with Crippen LogP contribution in [-0.4, -0.2) is 10.4 Å². The van der Waals surface area contributed by atoms with Crippen LogP contribution < -0.4 is 0 Å². The maximum absolute atomic E-state index is 14.1. The number of hydrogen-bond donors (Lipinski definition) is 0. The zero-order chi connectivity index (χ0) is 14.3. The summed E-state index contributed by atoms with van der Waals surface area (Å²) < 4.78 is 16.2. The zero-order valence-corrected chi connectivity index (χ0v) is 12.3. The summed E-state index contributed by atoms with van der Waals surface area (Å²) in [4.78, 5) is 12.6. The lowest BCUT2D eigenvalue weighted by Crippen LogP contribution is -2.04. The van der Waals surface area contributed by atoms with Gasteiger partial charge in [0.1, 0.15) is 5.82 Å². The molecular formula is C16H11BrFNO. The second-order valence-corrected chi connectivity index (χ2v) is 5.46. The molecule has 4 heteroatoms. The average molecular weight is 332 g/mol. The first kappa shape index (κ1) is 13.1. The number of ketones is 1. The highest BCUT2D eigenvalue weighted by molar-refractivity contribution is 9.10. The van der Waals surface area contributed by atoms with Gasteiger partial charge < -0.3 is 4.57 Å². The Balaban J connectivity index is 2.21. The predicted octanol–water partition coefficient (Wildman–Crippen LogP) is 4.31. The zero-order valence-electron chi connectivity index (χ0n) is 10.7. The standard InChI is InChI=1S/C16H11BrFNO/c1-19-9-12(10-5-2-3-8-14(10)19)16(20)11-6-4-7-13(17)15(11)18/h2-9H,1H3. The number of aromatic nitrogens is 1. The number of benzene rings is 2. The Bertz CT molecular complexity index is 822. The molecule has 0 radical (unpaired) electrons. The molecule has 0 saturated heterocycles. The van der Waals surface area contributed by atoms with Gasteiger partial charge in [-0.05, 0) is 34.1 Å². The molecule has 0 spiro atoms. The van der Waals surface area contributed by atoms with Gasteiger partial charge in [0, 0.05) is 29.7 Å². The van der Waals surface area contributed by atoms with Gasteiger partial charge in [-0.3, -0.25) is 4.79 Å². The minimum atomic E-state index is -0.523.